The monoisotopic (exact) mass is 623 g/mol. The van der Waals surface area contributed by atoms with Crippen molar-refractivity contribution in [2.75, 3.05) is 26.4 Å². The fourth-order valence-electron chi connectivity index (χ4n) is 5.22. The third-order valence-corrected chi connectivity index (χ3v) is 9.40. The number of rotatable bonds is 16. The van der Waals surface area contributed by atoms with Crippen LogP contribution in [0.5, 0.6) is 34.5 Å². The van der Waals surface area contributed by atoms with Gasteiger partial charge in [0.25, 0.3) is 0 Å². The summed E-state index contributed by atoms with van der Waals surface area (Å²) in [6.07, 6.45) is 4.40. The summed E-state index contributed by atoms with van der Waals surface area (Å²) in [7, 11) is -4.41. The minimum absolute atomic E-state index is 0.00294. The van der Waals surface area contributed by atoms with E-state index in [1.807, 2.05) is 64.1 Å². The number of ketones is 1. The number of Topliss-reactive ketones (excluding diaryl/α,β-unsaturated/α-hetero) is 1. The molecule has 0 saturated carbocycles. The number of hydrogen-bond donors (Lipinski definition) is 1. The molecule has 2 N–H and O–H groups in total. The van der Waals surface area contributed by atoms with Crippen molar-refractivity contribution >= 4 is 19.5 Å². The Kier molecular flexibility index (Phi) is 11.0. The smallest absolute Gasteiger partial charge is 0.441 e. The molecule has 0 aliphatic heterocycles. The van der Waals surface area contributed by atoms with Gasteiger partial charge in [0, 0.05) is 17.7 Å². The summed E-state index contributed by atoms with van der Waals surface area (Å²) in [4.78, 5) is 13.5. The maximum atomic E-state index is 15.2. The van der Waals surface area contributed by atoms with Crippen molar-refractivity contribution < 1.29 is 37.4 Å². The van der Waals surface area contributed by atoms with Gasteiger partial charge in [-0.3, -0.25) is 4.79 Å². The molecule has 0 fully saturated rings. The van der Waals surface area contributed by atoms with Gasteiger partial charge in [0.2, 0.25) is 0 Å². The van der Waals surface area contributed by atoms with Crippen LogP contribution in [0.4, 0.5) is 0 Å². The lowest BCUT2D eigenvalue weighted by Gasteiger charge is -2.37. The van der Waals surface area contributed by atoms with Gasteiger partial charge < -0.3 is 33.7 Å². The molecule has 9 nitrogen and oxygen atoms in total. The Hall–Kier alpha value is -3.94. The summed E-state index contributed by atoms with van der Waals surface area (Å²) in [5, 5.41) is 0. The second kappa shape index (κ2) is 14.7. The standard InChI is InChI=1S/C34H42NO8P/c1-6-38-26-16-18-29(31(21-26)40-8-3)42-44(37,43-30-19-17-27(39-7-2)22-32(30)41-9-4)33(24(5)36)23-34(35)20-12-14-25-13-10-11-15-28(25)34/h10-19,21-22,33H,6-9,20,23,35H2,1-5H3. The van der Waals surface area contributed by atoms with E-state index in [0.29, 0.717) is 55.8 Å². The van der Waals surface area contributed by atoms with Crippen LogP contribution in [-0.2, 0) is 14.9 Å². The quantitative estimate of drug-likeness (QED) is 0.161. The van der Waals surface area contributed by atoms with Crippen molar-refractivity contribution in [1.82, 2.24) is 0 Å². The van der Waals surface area contributed by atoms with Crippen molar-refractivity contribution in [2.24, 2.45) is 5.73 Å². The van der Waals surface area contributed by atoms with E-state index in [4.69, 9.17) is 33.7 Å². The molecule has 1 aliphatic carbocycles. The summed E-state index contributed by atoms with van der Waals surface area (Å²) in [6.45, 7) is 10.3. The molecule has 0 saturated heterocycles. The van der Waals surface area contributed by atoms with Crippen LogP contribution in [0, 0.1) is 0 Å². The predicted octanol–water partition coefficient (Wildman–Crippen LogP) is 7.55. The van der Waals surface area contributed by atoms with Crippen molar-refractivity contribution in [3.05, 3.63) is 77.9 Å². The Balaban J connectivity index is 1.83. The molecular weight excluding hydrogens is 581 g/mol. The summed E-state index contributed by atoms with van der Waals surface area (Å²) in [5.74, 6) is 1.60. The second-order valence-corrected chi connectivity index (χ2v) is 12.4. The Morgan fingerprint density at radius 2 is 1.32 bits per heavy atom. The van der Waals surface area contributed by atoms with Crippen LogP contribution < -0.4 is 33.7 Å². The van der Waals surface area contributed by atoms with E-state index < -0.39 is 24.6 Å². The topological polar surface area (TPSA) is 116 Å². The van der Waals surface area contributed by atoms with Crippen LogP contribution in [0.3, 0.4) is 0 Å². The molecule has 236 valence electrons. The van der Waals surface area contributed by atoms with Gasteiger partial charge in [-0.2, -0.15) is 0 Å². The average Bonchev–Trinajstić information content (AvgIpc) is 2.99. The third kappa shape index (κ3) is 7.58. The van der Waals surface area contributed by atoms with Crippen molar-refractivity contribution in [2.45, 2.75) is 58.7 Å². The van der Waals surface area contributed by atoms with E-state index in [1.54, 1.807) is 36.4 Å². The normalized spacial score (nSPS) is 16.4. The molecule has 1 aliphatic rings. The number of carbonyl (C=O) groups is 1. The highest BCUT2D eigenvalue weighted by atomic mass is 31.2. The van der Waals surface area contributed by atoms with E-state index in [9.17, 15) is 4.79 Å². The van der Waals surface area contributed by atoms with Crippen LogP contribution in [0.25, 0.3) is 6.08 Å². The first-order chi connectivity index (χ1) is 21.2. The molecule has 0 spiro atoms. The predicted molar refractivity (Wildman–Crippen MR) is 171 cm³/mol. The van der Waals surface area contributed by atoms with Gasteiger partial charge in [-0.15, -0.1) is 0 Å². The largest absolute Gasteiger partial charge is 0.494 e. The van der Waals surface area contributed by atoms with Crippen molar-refractivity contribution in [1.29, 1.82) is 0 Å². The summed E-state index contributed by atoms with van der Waals surface area (Å²) in [6, 6.07) is 17.6. The van der Waals surface area contributed by atoms with E-state index in [2.05, 4.69) is 0 Å². The molecule has 10 heteroatoms. The lowest BCUT2D eigenvalue weighted by molar-refractivity contribution is -0.117. The Morgan fingerprint density at radius 3 is 1.82 bits per heavy atom. The molecule has 0 amide bonds. The molecule has 44 heavy (non-hydrogen) atoms. The Bertz CT molecular complexity index is 1460. The molecule has 3 aromatic rings. The molecular formula is C34H42NO8P. The van der Waals surface area contributed by atoms with Crippen molar-refractivity contribution in [3.8, 4) is 34.5 Å². The zero-order valence-electron chi connectivity index (χ0n) is 26.0. The van der Waals surface area contributed by atoms with E-state index in [-0.39, 0.29) is 17.9 Å². The summed E-state index contributed by atoms with van der Waals surface area (Å²) in [5.41, 5.74) is 6.58. The highest BCUT2D eigenvalue weighted by Crippen LogP contribution is 2.59. The highest BCUT2D eigenvalue weighted by Gasteiger charge is 2.48. The maximum Gasteiger partial charge on any atom is 0.441 e. The van der Waals surface area contributed by atoms with Gasteiger partial charge in [-0.25, -0.2) is 4.57 Å². The van der Waals surface area contributed by atoms with Gasteiger partial charge >= 0.3 is 7.60 Å². The number of hydrogen-bond acceptors (Lipinski definition) is 9. The lowest BCUT2D eigenvalue weighted by Crippen LogP contribution is -2.43. The fraction of sp³-hybridized carbons (Fsp3) is 0.382. The molecule has 0 heterocycles. The molecule has 4 rings (SSSR count). The van der Waals surface area contributed by atoms with Crippen molar-refractivity contribution in [3.63, 3.8) is 0 Å². The van der Waals surface area contributed by atoms with Gasteiger partial charge in [-0.05, 0) is 82.9 Å². The molecule has 0 aromatic heterocycles. The first-order valence-corrected chi connectivity index (χ1v) is 16.6. The molecule has 2 atom stereocenters. The minimum atomic E-state index is -4.41. The van der Waals surface area contributed by atoms with Crippen LogP contribution >= 0.6 is 7.60 Å². The average molecular weight is 624 g/mol. The van der Waals surface area contributed by atoms with E-state index >= 15 is 4.57 Å². The number of benzene rings is 3. The van der Waals surface area contributed by atoms with Gasteiger partial charge in [0.1, 0.15) is 22.9 Å². The zero-order valence-corrected chi connectivity index (χ0v) is 26.9. The number of ether oxygens (including phenoxy) is 4. The van der Waals surface area contributed by atoms with Gasteiger partial charge in [-0.1, -0.05) is 36.4 Å². The zero-order chi connectivity index (χ0) is 31.7. The first-order valence-electron chi connectivity index (χ1n) is 15.0. The second-order valence-electron chi connectivity index (χ2n) is 10.4. The number of nitrogens with two attached hydrogens (primary N) is 1. The van der Waals surface area contributed by atoms with Crippen LogP contribution in [0.2, 0.25) is 0 Å². The first kappa shape index (κ1) is 33.0. The van der Waals surface area contributed by atoms with Gasteiger partial charge in [0.15, 0.2) is 23.0 Å². The van der Waals surface area contributed by atoms with Crippen LogP contribution in [-0.4, -0.2) is 37.9 Å². The lowest BCUT2D eigenvalue weighted by atomic mass is 9.77. The summed E-state index contributed by atoms with van der Waals surface area (Å²) >= 11 is 0. The van der Waals surface area contributed by atoms with E-state index in [0.717, 1.165) is 11.1 Å². The number of carbonyl (C=O) groups excluding carboxylic acids is 1. The van der Waals surface area contributed by atoms with Crippen LogP contribution in [0.15, 0.2) is 66.7 Å². The highest BCUT2D eigenvalue weighted by molar-refractivity contribution is 7.56. The molecule has 0 bridgehead atoms. The molecule has 3 aromatic carbocycles. The number of fused-ring (bicyclic) bond motifs is 1. The Morgan fingerprint density at radius 1 is 0.795 bits per heavy atom. The maximum absolute atomic E-state index is 15.2. The fourth-order valence-corrected chi connectivity index (χ4v) is 7.35. The summed E-state index contributed by atoms with van der Waals surface area (Å²) < 4.78 is 50.8. The molecule has 2 unspecified atom stereocenters. The van der Waals surface area contributed by atoms with Crippen LogP contribution in [0.1, 0.15) is 58.6 Å². The minimum Gasteiger partial charge on any atom is -0.494 e. The van der Waals surface area contributed by atoms with E-state index in [1.165, 1.54) is 6.92 Å². The van der Waals surface area contributed by atoms with Gasteiger partial charge in [0.05, 0.1) is 26.4 Å². The SMILES string of the molecule is CCOc1ccc(OP(=O)(Oc2ccc(OCC)cc2OCC)C(CC2(N)CC=Cc3ccccc32)C(C)=O)c(OCC)c1. The molecule has 0 radical (unpaired) electrons. The third-order valence-electron chi connectivity index (χ3n) is 7.19. The Labute approximate surface area is 259 Å².